The highest BCUT2D eigenvalue weighted by atomic mass is 35.5. The van der Waals surface area contributed by atoms with Gasteiger partial charge in [0.25, 0.3) is 0 Å². The second-order valence-electron chi connectivity index (χ2n) is 3.94. The zero-order valence-electron chi connectivity index (χ0n) is 9.64. The van der Waals surface area contributed by atoms with Crippen LogP contribution in [-0.4, -0.2) is 15.6 Å². The number of benzene rings is 1. The van der Waals surface area contributed by atoms with E-state index in [1.54, 1.807) is 0 Å². The third kappa shape index (κ3) is 3.00. The highest BCUT2D eigenvalue weighted by Gasteiger charge is 2.09. The summed E-state index contributed by atoms with van der Waals surface area (Å²) in [4.78, 5) is 22.1. The van der Waals surface area contributed by atoms with Gasteiger partial charge in [0.05, 0.1) is 0 Å². The molecule has 1 N–H and O–H groups in total. The fourth-order valence-corrected chi connectivity index (χ4v) is 1.84. The van der Waals surface area contributed by atoms with Crippen LogP contribution < -0.4 is 5.43 Å². The maximum Gasteiger partial charge on any atom is 0.341 e. The SMILES string of the molecule is O=C(O)c1cn(Cc2cc(Cl)ccc2F)ccc1=O. The van der Waals surface area contributed by atoms with Crippen molar-refractivity contribution in [3.8, 4) is 0 Å². The topological polar surface area (TPSA) is 59.3 Å². The monoisotopic (exact) mass is 281 g/mol. The molecule has 0 saturated carbocycles. The van der Waals surface area contributed by atoms with Crippen LogP contribution in [0, 0.1) is 5.82 Å². The van der Waals surface area contributed by atoms with Crippen molar-refractivity contribution < 1.29 is 14.3 Å². The molecule has 0 fully saturated rings. The molecule has 0 atom stereocenters. The van der Waals surface area contributed by atoms with Crippen molar-refractivity contribution in [2.75, 3.05) is 0 Å². The fourth-order valence-electron chi connectivity index (χ4n) is 1.65. The molecule has 6 heteroatoms. The Morgan fingerprint density at radius 1 is 1.37 bits per heavy atom. The van der Waals surface area contributed by atoms with E-state index < -0.39 is 17.2 Å². The standard InChI is InChI=1S/C13H9ClFNO3/c14-9-1-2-11(15)8(5-9)6-16-4-3-12(17)10(7-16)13(18)19/h1-5,7H,6H2,(H,18,19). The molecule has 1 aromatic heterocycles. The Hall–Kier alpha value is -2.14. The quantitative estimate of drug-likeness (QED) is 0.940. The van der Waals surface area contributed by atoms with Crippen LogP contribution in [-0.2, 0) is 6.54 Å². The lowest BCUT2D eigenvalue weighted by Gasteiger charge is -2.08. The predicted molar refractivity (Wildman–Crippen MR) is 68.2 cm³/mol. The van der Waals surface area contributed by atoms with Gasteiger partial charge in [-0.25, -0.2) is 9.18 Å². The van der Waals surface area contributed by atoms with E-state index in [0.717, 1.165) is 6.07 Å². The van der Waals surface area contributed by atoms with Crippen molar-refractivity contribution in [3.05, 3.63) is 68.8 Å². The number of nitrogens with zero attached hydrogens (tertiary/aromatic N) is 1. The van der Waals surface area contributed by atoms with Crippen molar-refractivity contribution in [2.24, 2.45) is 0 Å². The first-order valence-electron chi connectivity index (χ1n) is 5.34. The summed E-state index contributed by atoms with van der Waals surface area (Å²) in [6, 6.07) is 5.24. The highest BCUT2D eigenvalue weighted by Crippen LogP contribution is 2.15. The molecule has 19 heavy (non-hydrogen) atoms. The molecule has 0 aliphatic carbocycles. The molecule has 98 valence electrons. The molecule has 0 aliphatic heterocycles. The summed E-state index contributed by atoms with van der Waals surface area (Å²) in [7, 11) is 0. The molecule has 0 saturated heterocycles. The van der Waals surface area contributed by atoms with E-state index in [-0.39, 0.29) is 12.1 Å². The average molecular weight is 282 g/mol. The first-order chi connectivity index (χ1) is 8.97. The third-order valence-corrected chi connectivity index (χ3v) is 2.80. The van der Waals surface area contributed by atoms with Crippen molar-refractivity contribution in [1.29, 1.82) is 0 Å². The van der Waals surface area contributed by atoms with Gasteiger partial charge in [-0.05, 0) is 18.2 Å². The van der Waals surface area contributed by atoms with Crippen molar-refractivity contribution in [1.82, 2.24) is 4.57 Å². The summed E-state index contributed by atoms with van der Waals surface area (Å²) in [5, 5.41) is 9.23. The van der Waals surface area contributed by atoms with Crippen molar-refractivity contribution in [2.45, 2.75) is 6.54 Å². The van der Waals surface area contributed by atoms with Gasteiger partial charge < -0.3 is 9.67 Å². The lowest BCUT2D eigenvalue weighted by Crippen LogP contribution is -2.17. The van der Waals surface area contributed by atoms with Gasteiger partial charge in [-0.3, -0.25) is 4.79 Å². The summed E-state index contributed by atoms with van der Waals surface area (Å²) in [5.74, 6) is -1.76. The van der Waals surface area contributed by atoms with Gasteiger partial charge in [0.1, 0.15) is 11.4 Å². The van der Waals surface area contributed by atoms with Crippen LogP contribution in [0.5, 0.6) is 0 Å². The van der Waals surface area contributed by atoms with Crippen molar-refractivity contribution >= 4 is 17.6 Å². The van der Waals surface area contributed by atoms with Gasteiger partial charge in [-0.2, -0.15) is 0 Å². The molecule has 2 rings (SSSR count). The van der Waals surface area contributed by atoms with Gasteiger partial charge in [0, 0.05) is 35.6 Å². The number of halogens is 2. The molecular weight excluding hydrogens is 273 g/mol. The van der Waals surface area contributed by atoms with Gasteiger partial charge in [0.15, 0.2) is 5.43 Å². The molecule has 0 amide bonds. The molecule has 0 unspecified atom stereocenters. The fraction of sp³-hybridized carbons (Fsp3) is 0.0769. The highest BCUT2D eigenvalue weighted by molar-refractivity contribution is 6.30. The Balaban J connectivity index is 2.39. The maximum atomic E-state index is 13.5. The van der Waals surface area contributed by atoms with Crippen LogP contribution in [0.25, 0.3) is 0 Å². The largest absolute Gasteiger partial charge is 0.477 e. The Morgan fingerprint density at radius 3 is 2.79 bits per heavy atom. The molecule has 1 aromatic carbocycles. The van der Waals surface area contributed by atoms with E-state index in [4.69, 9.17) is 16.7 Å². The second kappa shape index (κ2) is 5.24. The predicted octanol–water partition coefficient (Wildman–Crippen LogP) is 2.39. The van der Waals surface area contributed by atoms with Crippen LogP contribution >= 0.6 is 11.6 Å². The van der Waals surface area contributed by atoms with E-state index >= 15 is 0 Å². The number of carbonyl (C=O) groups is 1. The third-order valence-electron chi connectivity index (χ3n) is 2.57. The van der Waals surface area contributed by atoms with Crippen LogP contribution in [0.1, 0.15) is 15.9 Å². The first kappa shape index (κ1) is 13.3. The summed E-state index contributed by atoms with van der Waals surface area (Å²) in [6.07, 6.45) is 2.57. The first-order valence-corrected chi connectivity index (χ1v) is 5.72. The Kier molecular flexibility index (Phi) is 3.66. The number of hydrogen-bond donors (Lipinski definition) is 1. The maximum absolute atomic E-state index is 13.5. The number of carboxylic acid groups (broad SMARTS) is 1. The molecule has 0 spiro atoms. The summed E-state index contributed by atoms with van der Waals surface area (Å²) < 4.78 is 15.0. The van der Waals surface area contributed by atoms with E-state index in [1.807, 2.05) is 0 Å². The van der Waals surface area contributed by atoms with E-state index in [0.29, 0.717) is 10.6 Å². The lowest BCUT2D eigenvalue weighted by atomic mass is 10.2. The van der Waals surface area contributed by atoms with Crippen LogP contribution in [0.4, 0.5) is 4.39 Å². The smallest absolute Gasteiger partial charge is 0.341 e. The average Bonchev–Trinajstić information content (AvgIpc) is 2.36. The molecule has 0 aliphatic rings. The van der Waals surface area contributed by atoms with Crippen LogP contribution in [0.3, 0.4) is 0 Å². The minimum absolute atomic E-state index is 0.0902. The van der Waals surface area contributed by atoms with Gasteiger partial charge in [-0.15, -0.1) is 0 Å². The van der Waals surface area contributed by atoms with Crippen LogP contribution in [0.2, 0.25) is 5.02 Å². The normalized spacial score (nSPS) is 10.4. The number of rotatable bonds is 3. The minimum atomic E-state index is -1.31. The number of aromatic carboxylic acids is 1. The zero-order chi connectivity index (χ0) is 14.0. The summed E-state index contributed by atoms with van der Waals surface area (Å²) >= 11 is 5.77. The number of hydrogen-bond acceptors (Lipinski definition) is 2. The minimum Gasteiger partial charge on any atom is -0.477 e. The Morgan fingerprint density at radius 2 is 2.11 bits per heavy atom. The summed E-state index contributed by atoms with van der Waals surface area (Å²) in [6.45, 7) is 0.0902. The lowest BCUT2D eigenvalue weighted by molar-refractivity contribution is 0.0694. The zero-order valence-corrected chi connectivity index (χ0v) is 10.4. The Labute approximate surface area is 112 Å². The summed E-state index contributed by atoms with van der Waals surface area (Å²) in [5.41, 5.74) is -0.632. The molecular formula is C13H9ClFNO3. The van der Waals surface area contributed by atoms with E-state index in [1.165, 1.54) is 35.2 Å². The van der Waals surface area contributed by atoms with Crippen molar-refractivity contribution in [3.63, 3.8) is 0 Å². The number of aromatic nitrogens is 1. The van der Waals surface area contributed by atoms with E-state index in [9.17, 15) is 14.0 Å². The molecule has 2 aromatic rings. The second-order valence-corrected chi connectivity index (χ2v) is 4.37. The molecule has 4 nitrogen and oxygen atoms in total. The van der Waals surface area contributed by atoms with Gasteiger partial charge >= 0.3 is 5.97 Å². The Bertz CT molecular complexity index is 697. The number of pyridine rings is 1. The molecule has 1 heterocycles. The van der Waals surface area contributed by atoms with Crippen LogP contribution in [0.15, 0.2) is 41.5 Å². The van der Waals surface area contributed by atoms with Gasteiger partial charge in [0.2, 0.25) is 0 Å². The molecule has 0 radical (unpaired) electrons. The van der Waals surface area contributed by atoms with E-state index in [2.05, 4.69) is 0 Å². The number of carboxylic acids is 1. The molecule has 0 bridgehead atoms. The van der Waals surface area contributed by atoms with Gasteiger partial charge in [-0.1, -0.05) is 11.6 Å².